The van der Waals surface area contributed by atoms with Crippen molar-refractivity contribution in [2.75, 3.05) is 18.4 Å². The molecule has 1 atom stereocenters. The summed E-state index contributed by atoms with van der Waals surface area (Å²) in [6, 6.07) is 8.61. The number of amides is 1. The minimum Gasteiger partial charge on any atom is -0.387 e. The van der Waals surface area contributed by atoms with Gasteiger partial charge in [0.2, 0.25) is 0 Å². The molecule has 0 bridgehead atoms. The van der Waals surface area contributed by atoms with Crippen molar-refractivity contribution in [1.29, 1.82) is 0 Å². The Balaban J connectivity index is 1.67. The van der Waals surface area contributed by atoms with Crippen LogP contribution < -0.4 is 16.4 Å². The van der Waals surface area contributed by atoms with E-state index in [-0.39, 0.29) is 11.7 Å². The minimum absolute atomic E-state index is 0.250. The van der Waals surface area contributed by atoms with E-state index in [0.717, 1.165) is 42.4 Å². The molecule has 1 aromatic heterocycles. The number of aliphatic imine (C=N–C) groups is 1. The van der Waals surface area contributed by atoms with Crippen molar-refractivity contribution in [3.63, 3.8) is 0 Å². The van der Waals surface area contributed by atoms with Gasteiger partial charge >= 0.3 is 0 Å². The van der Waals surface area contributed by atoms with Gasteiger partial charge < -0.3 is 16.4 Å². The molecule has 1 unspecified atom stereocenters. The molecule has 1 aliphatic carbocycles. The molecule has 1 amide bonds. The first-order valence-electron chi connectivity index (χ1n) is 11.7. The summed E-state index contributed by atoms with van der Waals surface area (Å²) in [5.74, 6) is 1.08. The van der Waals surface area contributed by atoms with Crippen molar-refractivity contribution in [1.82, 2.24) is 10.3 Å². The number of nitrogens with two attached hydrogens (primary N) is 1. The van der Waals surface area contributed by atoms with Gasteiger partial charge in [-0.25, -0.2) is 4.98 Å². The zero-order valence-corrected chi connectivity index (χ0v) is 19.2. The molecule has 0 aliphatic heterocycles. The molecule has 0 saturated heterocycles. The number of hydrogen-bond acceptors (Lipinski definition) is 4. The van der Waals surface area contributed by atoms with E-state index in [9.17, 15) is 4.79 Å². The standard InChI is InChI=1S/C25H37N5O/c1-4-19(16-28-21-8-6-5-7-9-21)12-13-27-24-22(25(31)29-18(3)26)15-20-14-17(2)10-11-23(20)30-24/h10-11,14-15,19,21,28H,4-9,12-13,16H2,1-3H3,(H,27,30)(H2,26,29,31). The first-order chi connectivity index (χ1) is 15.0. The van der Waals surface area contributed by atoms with Crippen molar-refractivity contribution in [2.24, 2.45) is 16.6 Å². The van der Waals surface area contributed by atoms with Gasteiger partial charge in [0.15, 0.2) is 0 Å². The van der Waals surface area contributed by atoms with Crippen LogP contribution in [0.3, 0.4) is 0 Å². The topological polar surface area (TPSA) is 92.4 Å². The lowest BCUT2D eigenvalue weighted by molar-refractivity contribution is 0.100. The van der Waals surface area contributed by atoms with Crippen LogP contribution in [0.4, 0.5) is 5.82 Å². The predicted octanol–water partition coefficient (Wildman–Crippen LogP) is 4.81. The number of nitrogens with zero attached hydrogens (tertiary/aromatic N) is 2. The molecule has 6 nitrogen and oxygen atoms in total. The van der Waals surface area contributed by atoms with Crippen LogP contribution in [-0.2, 0) is 0 Å². The van der Waals surface area contributed by atoms with E-state index in [1.54, 1.807) is 6.92 Å². The second-order valence-corrected chi connectivity index (χ2v) is 8.87. The number of fused-ring (bicyclic) bond motifs is 1. The maximum atomic E-state index is 12.7. The van der Waals surface area contributed by atoms with Crippen LogP contribution in [0.15, 0.2) is 29.3 Å². The lowest BCUT2D eigenvalue weighted by atomic mass is 9.94. The number of anilines is 1. The van der Waals surface area contributed by atoms with Crippen LogP contribution in [-0.4, -0.2) is 35.9 Å². The summed E-state index contributed by atoms with van der Waals surface area (Å²) in [5.41, 5.74) is 8.11. The maximum Gasteiger partial charge on any atom is 0.282 e. The van der Waals surface area contributed by atoms with E-state index < -0.39 is 0 Å². The number of carbonyl (C=O) groups excluding carboxylic acids is 1. The molecule has 31 heavy (non-hydrogen) atoms. The summed E-state index contributed by atoms with van der Waals surface area (Å²) in [5, 5.41) is 8.11. The van der Waals surface area contributed by atoms with E-state index in [1.165, 1.54) is 32.1 Å². The number of rotatable bonds is 9. The highest BCUT2D eigenvalue weighted by molar-refractivity contribution is 6.07. The number of pyridine rings is 1. The SMILES string of the molecule is CCC(CCNc1nc2ccc(C)cc2cc1C(=O)N=C(C)N)CNC1CCCCC1. The Morgan fingerprint density at radius 3 is 2.74 bits per heavy atom. The summed E-state index contributed by atoms with van der Waals surface area (Å²) in [4.78, 5) is 21.4. The van der Waals surface area contributed by atoms with Crippen LogP contribution in [0.5, 0.6) is 0 Å². The Bertz CT molecular complexity index is 914. The Hall–Kier alpha value is -2.47. The molecule has 1 heterocycles. The smallest absolute Gasteiger partial charge is 0.282 e. The molecular formula is C25H37N5O. The van der Waals surface area contributed by atoms with Crippen LogP contribution in [0.25, 0.3) is 10.9 Å². The second-order valence-electron chi connectivity index (χ2n) is 8.87. The number of nitrogens with one attached hydrogen (secondary N) is 2. The Morgan fingerprint density at radius 1 is 1.26 bits per heavy atom. The van der Waals surface area contributed by atoms with E-state index in [0.29, 0.717) is 23.3 Å². The number of carbonyl (C=O) groups is 1. The van der Waals surface area contributed by atoms with Crippen molar-refractivity contribution >= 4 is 28.5 Å². The summed E-state index contributed by atoms with van der Waals surface area (Å²) < 4.78 is 0. The molecule has 0 spiro atoms. The fourth-order valence-corrected chi connectivity index (χ4v) is 4.30. The summed E-state index contributed by atoms with van der Waals surface area (Å²) >= 11 is 0. The van der Waals surface area contributed by atoms with Gasteiger partial charge in [-0.15, -0.1) is 0 Å². The van der Waals surface area contributed by atoms with Gasteiger partial charge in [-0.05, 0) is 63.8 Å². The lowest BCUT2D eigenvalue weighted by Gasteiger charge is -2.25. The minimum atomic E-state index is -0.357. The normalized spacial score (nSPS) is 16.4. The first-order valence-corrected chi connectivity index (χ1v) is 11.7. The zero-order valence-electron chi connectivity index (χ0n) is 19.2. The van der Waals surface area contributed by atoms with E-state index in [1.807, 2.05) is 31.2 Å². The van der Waals surface area contributed by atoms with Crippen LogP contribution in [0.2, 0.25) is 0 Å². The second kappa shape index (κ2) is 11.2. The number of hydrogen-bond donors (Lipinski definition) is 3. The predicted molar refractivity (Wildman–Crippen MR) is 130 cm³/mol. The third kappa shape index (κ3) is 6.76. The fraction of sp³-hybridized carbons (Fsp3) is 0.560. The van der Waals surface area contributed by atoms with E-state index >= 15 is 0 Å². The summed E-state index contributed by atoms with van der Waals surface area (Å²) in [6.45, 7) is 7.71. The molecule has 168 valence electrons. The summed E-state index contributed by atoms with van der Waals surface area (Å²) in [6.07, 6.45) is 8.86. The van der Waals surface area contributed by atoms with Gasteiger partial charge in [0.1, 0.15) is 11.7 Å². The van der Waals surface area contributed by atoms with Gasteiger partial charge in [0.05, 0.1) is 11.1 Å². The Labute approximate surface area is 186 Å². The quantitative estimate of drug-likeness (QED) is 0.397. The molecule has 1 aliphatic rings. The van der Waals surface area contributed by atoms with Crippen LogP contribution >= 0.6 is 0 Å². The van der Waals surface area contributed by atoms with Gasteiger partial charge in [-0.3, -0.25) is 4.79 Å². The molecule has 0 radical (unpaired) electrons. The highest BCUT2D eigenvalue weighted by Crippen LogP contribution is 2.23. The Kier molecular flexibility index (Phi) is 8.41. The summed E-state index contributed by atoms with van der Waals surface area (Å²) in [7, 11) is 0. The molecule has 1 fully saturated rings. The van der Waals surface area contributed by atoms with Crippen molar-refractivity contribution in [3.05, 3.63) is 35.4 Å². The molecule has 1 aromatic carbocycles. The monoisotopic (exact) mass is 423 g/mol. The highest BCUT2D eigenvalue weighted by atomic mass is 16.1. The maximum absolute atomic E-state index is 12.7. The van der Waals surface area contributed by atoms with Crippen molar-refractivity contribution in [3.8, 4) is 0 Å². The third-order valence-electron chi connectivity index (χ3n) is 6.20. The third-order valence-corrected chi connectivity index (χ3v) is 6.20. The van der Waals surface area contributed by atoms with Crippen LogP contribution in [0.1, 0.15) is 74.7 Å². The first kappa shape index (κ1) is 23.2. The lowest BCUT2D eigenvalue weighted by Crippen LogP contribution is -2.35. The molecule has 3 rings (SSSR count). The van der Waals surface area contributed by atoms with Crippen molar-refractivity contribution in [2.45, 2.75) is 71.8 Å². The van der Waals surface area contributed by atoms with Gasteiger partial charge in [0.25, 0.3) is 5.91 Å². The highest BCUT2D eigenvalue weighted by Gasteiger charge is 2.17. The Morgan fingerprint density at radius 2 is 2.03 bits per heavy atom. The van der Waals surface area contributed by atoms with Crippen LogP contribution in [0, 0.1) is 12.8 Å². The molecule has 6 heteroatoms. The molecule has 2 aromatic rings. The van der Waals surface area contributed by atoms with Gasteiger partial charge in [0, 0.05) is 18.0 Å². The number of aryl methyl sites for hydroxylation is 1. The average molecular weight is 424 g/mol. The van der Waals surface area contributed by atoms with E-state index in [4.69, 9.17) is 10.7 Å². The largest absolute Gasteiger partial charge is 0.387 e. The number of aromatic nitrogens is 1. The fourth-order valence-electron chi connectivity index (χ4n) is 4.30. The molecule has 4 N–H and O–H groups in total. The van der Waals surface area contributed by atoms with E-state index in [2.05, 4.69) is 22.5 Å². The number of benzene rings is 1. The molecular weight excluding hydrogens is 386 g/mol. The van der Waals surface area contributed by atoms with Gasteiger partial charge in [-0.1, -0.05) is 44.2 Å². The average Bonchev–Trinajstić information content (AvgIpc) is 2.75. The molecule has 1 saturated carbocycles. The number of amidine groups is 1. The van der Waals surface area contributed by atoms with Crippen molar-refractivity contribution < 1.29 is 4.79 Å². The zero-order chi connectivity index (χ0) is 22.2. The van der Waals surface area contributed by atoms with Gasteiger partial charge in [-0.2, -0.15) is 4.99 Å².